The molecule has 6 rings (SSSR count). The first kappa shape index (κ1) is 33.0. The van der Waals surface area contributed by atoms with E-state index >= 15 is 8.78 Å². The number of benzene rings is 2. The number of hydrogen-bond donors (Lipinski definition) is 1. The van der Waals surface area contributed by atoms with E-state index in [9.17, 15) is 18.0 Å². The molecule has 3 unspecified atom stereocenters. The standard InChI is InChI=1S/C30H35ClF2N4O8S/c31-20-4-6-22(7-5-20)44-28-24(32)15-23(16-25(28)33)46(40,41)37-21-8-9-30(37,29(39)34-45-27-3-1-2-12-43-27)19-36(17-21)26(38)18-35-10-13-42-14-11-35/h4-7,15-16,21,27H,1-3,8-14,17-19H2,(H,34,39). The van der Waals surface area contributed by atoms with Gasteiger partial charge >= 0.3 is 0 Å². The number of halogens is 3. The lowest BCUT2D eigenvalue weighted by atomic mass is 9.95. The van der Waals surface area contributed by atoms with Gasteiger partial charge in [-0.05, 0) is 62.1 Å². The Morgan fingerprint density at radius 2 is 1.76 bits per heavy atom. The molecule has 2 bridgehead atoms. The first-order valence-electron chi connectivity index (χ1n) is 15.2. The van der Waals surface area contributed by atoms with Crippen molar-refractivity contribution in [1.82, 2.24) is 19.6 Å². The number of carbonyl (C=O) groups is 2. The van der Waals surface area contributed by atoms with Crippen molar-refractivity contribution < 1.29 is 45.8 Å². The van der Waals surface area contributed by atoms with Gasteiger partial charge in [0.05, 0.1) is 24.7 Å². The third kappa shape index (κ3) is 6.72. The Balaban J connectivity index is 1.29. The van der Waals surface area contributed by atoms with Crippen LogP contribution >= 0.6 is 11.6 Å². The van der Waals surface area contributed by atoms with E-state index < -0.39 is 56.1 Å². The van der Waals surface area contributed by atoms with Crippen LogP contribution in [0.5, 0.6) is 11.5 Å². The van der Waals surface area contributed by atoms with Crippen molar-refractivity contribution in [2.75, 3.05) is 52.5 Å². The number of nitrogens with zero attached hydrogens (tertiary/aromatic N) is 3. The second-order valence-electron chi connectivity index (χ2n) is 11.8. The third-order valence-electron chi connectivity index (χ3n) is 8.75. The van der Waals surface area contributed by atoms with Crippen LogP contribution in [0.2, 0.25) is 5.02 Å². The number of hydroxylamine groups is 1. The summed E-state index contributed by atoms with van der Waals surface area (Å²) in [6.45, 7) is 2.39. The highest BCUT2D eigenvalue weighted by atomic mass is 35.5. The largest absolute Gasteiger partial charge is 0.451 e. The number of piperazine rings is 1. The van der Waals surface area contributed by atoms with E-state index in [-0.39, 0.29) is 44.1 Å². The molecule has 2 amide bonds. The fourth-order valence-electron chi connectivity index (χ4n) is 6.42. The van der Waals surface area contributed by atoms with Gasteiger partial charge in [0.25, 0.3) is 5.91 Å². The molecule has 0 aromatic heterocycles. The van der Waals surface area contributed by atoms with Crippen molar-refractivity contribution in [3.63, 3.8) is 0 Å². The van der Waals surface area contributed by atoms with E-state index in [1.54, 1.807) is 0 Å². The van der Waals surface area contributed by atoms with Gasteiger partial charge in [-0.15, -0.1) is 0 Å². The number of morpholine rings is 1. The van der Waals surface area contributed by atoms with Crippen molar-refractivity contribution in [3.8, 4) is 11.5 Å². The van der Waals surface area contributed by atoms with Crippen molar-refractivity contribution in [2.45, 2.75) is 54.9 Å². The molecule has 0 aliphatic carbocycles. The zero-order chi connectivity index (χ0) is 32.5. The highest BCUT2D eigenvalue weighted by Gasteiger charge is 2.62. The zero-order valence-electron chi connectivity index (χ0n) is 25.0. The van der Waals surface area contributed by atoms with Gasteiger partial charge < -0.3 is 19.1 Å². The number of ether oxygens (including phenoxy) is 3. The SMILES string of the molecule is O=C(CN1CCOCC1)N1CC2CCC(C(=O)NOC3CCCCO3)(C1)N2S(=O)(=O)c1cc(F)c(Oc2ccc(Cl)cc2)c(F)c1. The van der Waals surface area contributed by atoms with Gasteiger partial charge in [-0.3, -0.25) is 14.5 Å². The Morgan fingerprint density at radius 3 is 2.43 bits per heavy atom. The number of amides is 2. The summed E-state index contributed by atoms with van der Waals surface area (Å²) in [6, 6.07) is 6.26. The lowest BCUT2D eigenvalue weighted by molar-refractivity contribution is -0.205. The van der Waals surface area contributed by atoms with Gasteiger partial charge in [-0.2, -0.15) is 4.31 Å². The molecule has 3 atom stereocenters. The Labute approximate surface area is 270 Å². The topological polar surface area (TPSA) is 127 Å². The molecule has 1 N–H and O–H groups in total. The summed E-state index contributed by atoms with van der Waals surface area (Å²) in [6.07, 6.45) is 1.79. The molecule has 0 saturated carbocycles. The van der Waals surface area contributed by atoms with Crippen molar-refractivity contribution in [2.24, 2.45) is 0 Å². The minimum atomic E-state index is -4.69. The number of nitrogens with one attached hydrogen (secondary N) is 1. The Hall–Kier alpha value is -2.92. The highest BCUT2D eigenvalue weighted by Crippen LogP contribution is 2.44. The minimum absolute atomic E-state index is 0.00670. The first-order valence-corrected chi connectivity index (χ1v) is 17.0. The maximum absolute atomic E-state index is 15.3. The van der Waals surface area contributed by atoms with Crippen LogP contribution in [0.4, 0.5) is 8.78 Å². The van der Waals surface area contributed by atoms with Crippen molar-refractivity contribution in [1.29, 1.82) is 0 Å². The van der Waals surface area contributed by atoms with E-state index in [4.69, 9.17) is 30.6 Å². The molecule has 4 aliphatic rings. The van der Waals surface area contributed by atoms with Crippen LogP contribution < -0.4 is 10.2 Å². The van der Waals surface area contributed by atoms with Gasteiger partial charge in [-0.25, -0.2) is 27.5 Å². The Kier molecular flexibility index (Phi) is 9.80. The number of hydrogen-bond acceptors (Lipinski definition) is 9. The Morgan fingerprint density at radius 1 is 1.04 bits per heavy atom. The number of rotatable bonds is 9. The molecule has 4 fully saturated rings. The summed E-state index contributed by atoms with van der Waals surface area (Å²) in [5.41, 5.74) is 0.582. The molecular weight excluding hydrogens is 650 g/mol. The summed E-state index contributed by atoms with van der Waals surface area (Å²) in [5.74, 6) is -4.27. The fourth-order valence-corrected chi connectivity index (χ4v) is 8.53. The summed E-state index contributed by atoms with van der Waals surface area (Å²) >= 11 is 5.87. The second kappa shape index (κ2) is 13.7. The molecule has 16 heteroatoms. The lowest BCUT2D eigenvalue weighted by Gasteiger charge is -2.47. The van der Waals surface area contributed by atoms with Crippen LogP contribution in [0.1, 0.15) is 32.1 Å². The van der Waals surface area contributed by atoms with Crippen LogP contribution in [0.3, 0.4) is 0 Å². The lowest BCUT2D eigenvalue weighted by Crippen LogP contribution is -2.69. The van der Waals surface area contributed by atoms with Crippen LogP contribution in [-0.2, 0) is 33.9 Å². The summed E-state index contributed by atoms with van der Waals surface area (Å²) in [5, 5.41) is 0.391. The quantitative estimate of drug-likeness (QED) is 0.397. The van der Waals surface area contributed by atoms with E-state index in [1.807, 2.05) is 4.90 Å². The molecule has 12 nitrogen and oxygen atoms in total. The number of fused-ring (bicyclic) bond motifs is 2. The molecule has 0 spiro atoms. The molecule has 46 heavy (non-hydrogen) atoms. The smallest absolute Gasteiger partial charge is 0.267 e. The molecule has 2 aromatic rings. The monoisotopic (exact) mass is 684 g/mol. The number of likely N-dealkylation sites (tertiary alicyclic amines) is 1. The van der Waals surface area contributed by atoms with E-state index in [1.165, 1.54) is 29.2 Å². The fraction of sp³-hybridized carbons (Fsp3) is 0.533. The van der Waals surface area contributed by atoms with Crippen molar-refractivity contribution in [3.05, 3.63) is 53.1 Å². The number of sulfonamides is 1. The van der Waals surface area contributed by atoms with Gasteiger partial charge in [0.1, 0.15) is 11.3 Å². The average molecular weight is 685 g/mol. The van der Waals surface area contributed by atoms with Crippen LogP contribution in [-0.4, -0.2) is 105 Å². The third-order valence-corrected chi connectivity index (χ3v) is 11.0. The normalized spacial score (nSPS) is 25.8. The van der Waals surface area contributed by atoms with Crippen LogP contribution in [0.25, 0.3) is 0 Å². The molecule has 4 saturated heterocycles. The zero-order valence-corrected chi connectivity index (χ0v) is 26.5. The molecule has 250 valence electrons. The molecular formula is C30H35ClF2N4O8S. The summed E-state index contributed by atoms with van der Waals surface area (Å²) < 4.78 is 76.3. The van der Waals surface area contributed by atoms with E-state index in [0.29, 0.717) is 56.5 Å². The minimum Gasteiger partial charge on any atom is -0.451 e. The molecule has 4 heterocycles. The second-order valence-corrected chi connectivity index (χ2v) is 14.1. The highest BCUT2D eigenvalue weighted by molar-refractivity contribution is 7.89. The average Bonchev–Trinajstić information content (AvgIpc) is 3.31. The van der Waals surface area contributed by atoms with Gasteiger partial charge in [-0.1, -0.05) is 11.6 Å². The molecule has 2 aromatic carbocycles. The Bertz CT molecular complexity index is 1530. The summed E-state index contributed by atoms with van der Waals surface area (Å²) in [7, 11) is -4.69. The summed E-state index contributed by atoms with van der Waals surface area (Å²) in [4.78, 5) is 35.7. The predicted octanol–water partition coefficient (Wildman–Crippen LogP) is 3.05. The van der Waals surface area contributed by atoms with Gasteiger partial charge in [0.2, 0.25) is 15.9 Å². The van der Waals surface area contributed by atoms with Gasteiger partial charge in [0, 0.05) is 50.3 Å². The van der Waals surface area contributed by atoms with Crippen molar-refractivity contribution >= 4 is 33.4 Å². The van der Waals surface area contributed by atoms with E-state index in [2.05, 4.69) is 5.48 Å². The van der Waals surface area contributed by atoms with Crippen LogP contribution in [0, 0.1) is 11.6 Å². The molecule has 0 radical (unpaired) electrons. The van der Waals surface area contributed by atoms with Gasteiger partial charge in [0.15, 0.2) is 23.7 Å². The maximum Gasteiger partial charge on any atom is 0.267 e. The molecule has 4 aliphatic heterocycles. The first-order chi connectivity index (χ1) is 22.1. The maximum atomic E-state index is 15.3. The number of carbonyl (C=O) groups excluding carboxylic acids is 2. The van der Waals surface area contributed by atoms with E-state index in [0.717, 1.165) is 17.1 Å². The van der Waals surface area contributed by atoms with Crippen LogP contribution in [0.15, 0.2) is 41.3 Å². The predicted molar refractivity (Wildman–Crippen MR) is 159 cm³/mol.